The molecule has 0 unspecified atom stereocenters. The van der Waals surface area contributed by atoms with Gasteiger partial charge in [0.2, 0.25) is 5.91 Å². The normalized spacial score (nSPS) is 10.9. The van der Waals surface area contributed by atoms with E-state index >= 15 is 0 Å². The first-order chi connectivity index (χ1) is 7.80. The Morgan fingerprint density at radius 1 is 1.53 bits per heavy atom. The van der Waals surface area contributed by atoms with Crippen molar-refractivity contribution in [1.82, 2.24) is 4.98 Å². The number of hydrogen-bond acceptors (Lipinski definition) is 4. The number of hydrogen-bond donors (Lipinski definition) is 3. The van der Waals surface area contributed by atoms with Crippen LogP contribution in [-0.4, -0.2) is 21.4 Å². The Balaban J connectivity index is 2.84. The van der Waals surface area contributed by atoms with Crippen molar-refractivity contribution in [2.24, 2.45) is 11.5 Å². The molecule has 0 radical (unpaired) electrons. The highest BCUT2D eigenvalue weighted by atomic mass is 32.1. The Morgan fingerprint density at radius 2 is 2.18 bits per heavy atom. The molecule has 0 saturated heterocycles. The Labute approximate surface area is 106 Å². The van der Waals surface area contributed by atoms with Crippen LogP contribution in [-0.2, 0) is 4.79 Å². The van der Waals surface area contributed by atoms with Gasteiger partial charge in [-0.3, -0.25) is 9.78 Å². The van der Waals surface area contributed by atoms with Gasteiger partial charge in [-0.1, -0.05) is 12.2 Å². The van der Waals surface area contributed by atoms with Crippen molar-refractivity contribution in [2.75, 3.05) is 5.32 Å². The molecule has 6 heteroatoms. The molecule has 0 saturated carbocycles. The fraction of sp³-hybridized carbons (Fsp3) is 0.364. The second kappa shape index (κ2) is 5.09. The average molecular weight is 252 g/mol. The molecule has 1 rings (SSSR count). The van der Waals surface area contributed by atoms with E-state index in [2.05, 4.69) is 10.3 Å². The molecular formula is C11H16N4OS. The summed E-state index contributed by atoms with van der Waals surface area (Å²) in [5, 5.41) is 3.19. The van der Waals surface area contributed by atoms with Crippen LogP contribution in [0.5, 0.6) is 0 Å². The van der Waals surface area contributed by atoms with E-state index in [1.165, 1.54) is 0 Å². The number of pyridine rings is 1. The van der Waals surface area contributed by atoms with Crippen molar-refractivity contribution < 1.29 is 4.79 Å². The lowest BCUT2D eigenvalue weighted by Crippen LogP contribution is -2.36. The molecule has 0 aliphatic heterocycles. The van der Waals surface area contributed by atoms with Gasteiger partial charge >= 0.3 is 0 Å². The third-order valence-corrected chi connectivity index (χ3v) is 2.32. The predicted octanol–water partition coefficient (Wildman–Crippen LogP) is 0.782. The van der Waals surface area contributed by atoms with E-state index in [-0.39, 0.29) is 17.3 Å². The monoisotopic (exact) mass is 252 g/mol. The Bertz CT molecular complexity index is 445. The minimum Gasteiger partial charge on any atom is -0.388 e. The summed E-state index contributed by atoms with van der Waals surface area (Å²) in [6.07, 6.45) is 1.84. The van der Waals surface area contributed by atoms with Crippen molar-refractivity contribution in [3.63, 3.8) is 0 Å². The second-order valence-electron chi connectivity index (χ2n) is 4.45. The van der Waals surface area contributed by atoms with Crippen molar-refractivity contribution in [2.45, 2.75) is 25.8 Å². The zero-order chi connectivity index (χ0) is 13.1. The van der Waals surface area contributed by atoms with Crippen LogP contribution in [0.1, 0.15) is 26.0 Å². The number of carbonyl (C=O) groups excluding carboxylic acids is 1. The van der Waals surface area contributed by atoms with Crippen molar-refractivity contribution in [3.8, 4) is 0 Å². The number of thiocarbonyl (C=S) groups is 1. The molecule has 17 heavy (non-hydrogen) atoms. The summed E-state index contributed by atoms with van der Waals surface area (Å²) in [6.45, 7) is 3.78. The number of primary amides is 1. The van der Waals surface area contributed by atoms with Crippen molar-refractivity contribution >= 4 is 28.8 Å². The SMILES string of the molecule is CC(C)(CC(N)=O)Nc1ccnc(C(N)=S)c1. The molecule has 1 aromatic heterocycles. The largest absolute Gasteiger partial charge is 0.388 e. The highest BCUT2D eigenvalue weighted by Gasteiger charge is 2.20. The molecule has 1 heterocycles. The smallest absolute Gasteiger partial charge is 0.219 e. The molecule has 0 fully saturated rings. The first-order valence-corrected chi connectivity index (χ1v) is 5.53. The number of nitrogens with zero attached hydrogens (tertiary/aromatic N) is 1. The van der Waals surface area contributed by atoms with Crippen LogP contribution >= 0.6 is 12.2 Å². The van der Waals surface area contributed by atoms with Crippen LogP contribution in [0.2, 0.25) is 0 Å². The number of amides is 1. The number of nitrogens with one attached hydrogen (secondary N) is 1. The maximum atomic E-state index is 10.9. The lowest BCUT2D eigenvalue weighted by Gasteiger charge is -2.26. The van der Waals surface area contributed by atoms with E-state index in [0.29, 0.717) is 5.69 Å². The van der Waals surface area contributed by atoms with Gasteiger partial charge in [0.25, 0.3) is 0 Å². The number of carbonyl (C=O) groups is 1. The molecule has 5 nitrogen and oxygen atoms in total. The predicted molar refractivity (Wildman–Crippen MR) is 71.6 cm³/mol. The van der Waals surface area contributed by atoms with Crippen LogP contribution in [0.4, 0.5) is 5.69 Å². The van der Waals surface area contributed by atoms with Crippen LogP contribution in [0.3, 0.4) is 0 Å². The number of rotatable bonds is 5. The molecule has 0 bridgehead atoms. The Hall–Kier alpha value is -1.69. The van der Waals surface area contributed by atoms with Crippen molar-refractivity contribution in [3.05, 3.63) is 24.0 Å². The first-order valence-electron chi connectivity index (χ1n) is 5.12. The van der Waals surface area contributed by atoms with Crippen LogP contribution in [0, 0.1) is 0 Å². The van der Waals surface area contributed by atoms with Gasteiger partial charge in [-0.05, 0) is 26.0 Å². The maximum Gasteiger partial charge on any atom is 0.219 e. The zero-order valence-electron chi connectivity index (χ0n) is 9.86. The Kier molecular flexibility index (Phi) is 4.01. The average Bonchev–Trinajstić information content (AvgIpc) is 2.14. The van der Waals surface area contributed by atoms with Gasteiger partial charge in [0, 0.05) is 23.8 Å². The van der Waals surface area contributed by atoms with Crippen molar-refractivity contribution in [1.29, 1.82) is 0 Å². The first kappa shape index (κ1) is 13.4. The van der Waals surface area contributed by atoms with Gasteiger partial charge in [0.05, 0.1) is 5.69 Å². The van der Waals surface area contributed by atoms with Gasteiger partial charge in [-0.2, -0.15) is 0 Å². The molecule has 1 aromatic rings. The second-order valence-corrected chi connectivity index (χ2v) is 4.89. The van der Waals surface area contributed by atoms with Gasteiger partial charge in [-0.25, -0.2) is 0 Å². The van der Waals surface area contributed by atoms with E-state index in [9.17, 15) is 4.79 Å². The van der Waals surface area contributed by atoms with Gasteiger partial charge in [0.1, 0.15) is 4.99 Å². The maximum absolute atomic E-state index is 10.9. The summed E-state index contributed by atoms with van der Waals surface area (Å²) in [4.78, 5) is 15.2. The molecule has 92 valence electrons. The fourth-order valence-corrected chi connectivity index (χ4v) is 1.63. The quantitative estimate of drug-likeness (QED) is 0.673. The molecule has 0 aliphatic rings. The van der Waals surface area contributed by atoms with Gasteiger partial charge in [0.15, 0.2) is 0 Å². The lowest BCUT2D eigenvalue weighted by atomic mass is 10.00. The topological polar surface area (TPSA) is 94.0 Å². The molecule has 1 amide bonds. The number of nitrogens with two attached hydrogens (primary N) is 2. The summed E-state index contributed by atoms with van der Waals surface area (Å²) >= 11 is 4.85. The fourth-order valence-electron chi connectivity index (χ4n) is 1.51. The molecule has 0 atom stereocenters. The molecular weight excluding hydrogens is 236 g/mol. The van der Waals surface area contributed by atoms with E-state index in [4.69, 9.17) is 23.7 Å². The summed E-state index contributed by atoms with van der Waals surface area (Å²) in [5.41, 5.74) is 11.6. The van der Waals surface area contributed by atoms with Gasteiger partial charge < -0.3 is 16.8 Å². The van der Waals surface area contributed by atoms with Crippen LogP contribution < -0.4 is 16.8 Å². The van der Waals surface area contributed by atoms with E-state index < -0.39 is 5.54 Å². The summed E-state index contributed by atoms with van der Waals surface area (Å²) in [6, 6.07) is 3.52. The molecule has 0 aliphatic carbocycles. The summed E-state index contributed by atoms with van der Waals surface area (Å²) < 4.78 is 0. The molecule has 0 spiro atoms. The van der Waals surface area contributed by atoms with E-state index in [1.54, 1.807) is 18.3 Å². The van der Waals surface area contributed by atoms with Crippen LogP contribution in [0.25, 0.3) is 0 Å². The number of aromatic nitrogens is 1. The highest BCUT2D eigenvalue weighted by molar-refractivity contribution is 7.80. The third-order valence-electron chi connectivity index (χ3n) is 2.11. The van der Waals surface area contributed by atoms with Gasteiger partial charge in [-0.15, -0.1) is 0 Å². The zero-order valence-corrected chi connectivity index (χ0v) is 10.7. The minimum absolute atomic E-state index is 0.234. The lowest BCUT2D eigenvalue weighted by molar-refractivity contribution is -0.118. The number of anilines is 1. The third kappa shape index (κ3) is 4.36. The van der Waals surface area contributed by atoms with E-state index in [1.807, 2.05) is 13.8 Å². The molecule has 0 aromatic carbocycles. The highest BCUT2D eigenvalue weighted by Crippen LogP contribution is 2.18. The van der Waals surface area contributed by atoms with Crippen LogP contribution in [0.15, 0.2) is 18.3 Å². The molecule has 5 N–H and O–H groups in total. The van der Waals surface area contributed by atoms with E-state index in [0.717, 1.165) is 5.69 Å². The Morgan fingerprint density at radius 3 is 2.71 bits per heavy atom. The summed E-state index contributed by atoms with van der Waals surface area (Å²) in [7, 11) is 0. The standard InChI is InChI=1S/C11H16N4OS/c1-11(2,6-9(12)16)15-7-3-4-14-8(5-7)10(13)17/h3-5H,6H2,1-2H3,(H2,12,16)(H2,13,17)(H,14,15). The minimum atomic E-state index is -0.430. The summed E-state index contributed by atoms with van der Waals surface area (Å²) in [5.74, 6) is -0.355.